The predicted molar refractivity (Wildman–Crippen MR) is 69.4 cm³/mol. The van der Waals surface area contributed by atoms with Gasteiger partial charge in [-0.15, -0.1) is 0 Å². The number of hydrogen-bond acceptors (Lipinski definition) is 2. The summed E-state index contributed by atoms with van der Waals surface area (Å²) < 4.78 is 2.20. The van der Waals surface area contributed by atoms with E-state index in [1.165, 1.54) is 5.69 Å². The number of rotatable bonds is 1. The van der Waals surface area contributed by atoms with Gasteiger partial charge in [-0.05, 0) is 18.2 Å². The molecule has 0 unspecified atom stereocenters. The Morgan fingerprint density at radius 3 is 3.00 bits per heavy atom. The van der Waals surface area contributed by atoms with Crippen molar-refractivity contribution in [3.05, 3.63) is 40.1 Å². The smallest absolute Gasteiger partial charge is 0.141 e. The number of hydrogen-bond donors (Lipinski definition) is 1. The van der Waals surface area contributed by atoms with Crippen molar-refractivity contribution < 1.29 is 0 Å². The summed E-state index contributed by atoms with van der Waals surface area (Å²) in [5.41, 5.74) is 2.13. The Morgan fingerprint density at radius 1 is 1.29 bits per heavy atom. The molecule has 0 saturated heterocycles. The first kappa shape index (κ1) is 11.1. The lowest BCUT2D eigenvalue weighted by atomic mass is 10.2. The van der Waals surface area contributed by atoms with E-state index in [9.17, 15) is 0 Å². The highest BCUT2D eigenvalue weighted by Gasteiger charge is 2.16. The number of halogens is 2. The van der Waals surface area contributed by atoms with Gasteiger partial charge < -0.3 is 9.88 Å². The Bertz CT molecular complexity index is 563. The topological polar surface area (TPSA) is 29.9 Å². The average Bonchev–Trinajstić information content (AvgIpc) is 2.73. The van der Waals surface area contributed by atoms with E-state index >= 15 is 0 Å². The van der Waals surface area contributed by atoms with Crippen LogP contribution in [0.3, 0.4) is 0 Å². The summed E-state index contributed by atoms with van der Waals surface area (Å²) in [7, 11) is 0. The van der Waals surface area contributed by atoms with E-state index in [-0.39, 0.29) is 0 Å². The van der Waals surface area contributed by atoms with E-state index < -0.39 is 0 Å². The summed E-state index contributed by atoms with van der Waals surface area (Å²) in [6, 6.07) is 5.51. The van der Waals surface area contributed by atoms with Crippen molar-refractivity contribution in [3.8, 4) is 11.4 Å². The monoisotopic (exact) mass is 267 g/mol. The third-order valence-corrected chi connectivity index (χ3v) is 3.48. The van der Waals surface area contributed by atoms with Crippen LogP contribution in [-0.2, 0) is 13.1 Å². The van der Waals surface area contributed by atoms with Crippen LogP contribution in [0, 0.1) is 0 Å². The van der Waals surface area contributed by atoms with Gasteiger partial charge in [-0.2, -0.15) is 0 Å². The lowest BCUT2D eigenvalue weighted by Gasteiger charge is -2.18. The van der Waals surface area contributed by atoms with Crippen LogP contribution >= 0.6 is 23.2 Å². The average molecular weight is 268 g/mol. The quantitative estimate of drug-likeness (QED) is 0.861. The normalized spacial score (nSPS) is 14.7. The van der Waals surface area contributed by atoms with E-state index in [4.69, 9.17) is 23.2 Å². The van der Waals surface area contributed by atoms with Crippen LogP contribution in [0.25, 0.3) is 11.4 Å². The number of nitrogens with one attached hydrogen (secondary N) is 1. The van der Waals surface area contributed by atoms with Gasteiger partial charge in [0.1, 0.15) is 5.82 Å². The lowest BCUT2D eigenvalue weighted by Crippen LogP contribution is -2.27. The van der Waals surface area contributed by atoms with Crippen LogP contribution < -0.4 is 5.32 Å². The number of fused-ring (bicyclic) bond motifs is 1. The third kappa shape index (κ3) is 1.95. The molecule has 3 rings (SSSR count). The molecule has 0 atom stereocenters. The fourth-order valence-corrected chi connectivity index (χ4v) is 2.59. The van der Waals surface area contributed by atoms with Crippen molar-refractivity contribution in [2.45, 2.75) is 13.1 Å². The van der Waals surface area contributed by atoms with Gasteiger partial charge in [0.05, 0.1) is 16.9 Å². The molecule has 0 bridgehead atoms. The molecule has 17 heavy (non-hydrogen) atoms. The van der Waals surface area contributed by atoms with E-state index in [2.05, 4.69) is 14.9 Å². The molecule has 0 radical (unpaired) electrons. The highest BCUT2D eigenvalue weighted by Crippen LogP contribution is 2.30. The van der Waals surface area contributed by atoms with E-state index in [1.807, 2.05) is 18.3 Å². The zero-order valence-electron chi connectivity index (χ0n) is 9.08. The molecule has 2 heterocycles. The van der Waals surface area contributed by atoms with Crippen LogP contribution in [-0.4, -0.2) is 16.1 Å². The van der Waals surface area contributed by atoms with Gasteiger partial charge in [0.15, 0.2) is 0 Å². The first-order valence-electron chi connectivity index (χ1n) is 5.46. The molecule has 3 nitrogen and oxygen atoms in total. The van der Waals surface area contributed by atoms with Gasteiger partial charge in [0, 0.05) is 30.2 Å². The van der Waals surface area contributed by atoms with Crippen molar-refractivity contribution in [2.24, 2.45) is 0 Å². The second kappa shape index (κ2) is 4.33. The molecule has 1 aliphatic heterocycles. The maximum absolute atomic E-state index is 6.21. The van der Waals surface area contributed by atoms with Gasteiger partial charge in [0.2, 0.25) is 0 Å². The maximum Gasteiger partial charge on any atom is 0.141 e. The van der Waals surface area contributed by atoms with Crippen LogP contribution in [0.15, 0.2) is 24.4 Å². The minimum absolute atomic E-state index is 0.643. The third-order valence-electron chi connectivity index (χ3n) is 2.93. The lowest BCUT2D eigenvalue weighted by molar-refractivity contribution is 0.519. The highest BCUT2D eigenvalue weighted by molar-refractivity contribution is 6.36. The molecule has 1 N–H and O–H groups in total. The Balaban J connectivity index is 2.12. The fourth-order valence-electron chi connectivity index (χ4n) is 2.09. The van der Waals surface area contributed by atoms with Gasteiger partial charge in [-0.1, -0.05) is 23.2 Å². The molecule has 1 aromatic heterocycles. The van der Waals surface area contributed by atoms with Crippen molar-refractivity contribution in [2.75, 3.05) is 6.54 Å². The predicted octanol–water partition coefficient (Wildman–Crippen LogP) is 2.96. The molecule has 0 saturated carbocycles. The van der Waals surface area contributed by atoms with Gasteiger partial charge in [-0.25, -0.2) is 4.98 Å². The Labute approximate surface area is 109 Å². The van der Waals surface area contributed by atoms with Gasteiger partial charge >= 0.3 is 0 Å². The SMILES string of the molecule is Clc1ccc(-c2ncc3n2CCNC3)c(Cl)c1. The van der Waals surface area contributed by atoms with Crippen LogP contribution in [0.2, 0.25) is 10.0 Å². The molecular formula is C12H11Cl2N3. The molecule has 1 aliphatic rings. The molecule has 0 fully saturated rings. The minimum atomic E-state index is 0.643. The van der Waals surface area contributed by atoms with E-state index in [0.29, 0.717) is 10.0 Å². The largest absolute Gasteiger partial charge is 0.326 e. The molecule has 2 aromatic rings. The Kier molecular flexibility index (Phi) is 2.82. The first-order valence-corrected chi connectivity index (χ1v) is 6.22. The van der Waals surface area contributed by atoms with Crippen LogP contribution in [0.5, 0.6) is 0 Å². The molecule has 0 aliphatic carbocycles. The number of imidazole rings is 1. The number of nitrogens with zero attached hydrogens (tertiary/aromatic N) is 2. The van der Waals surface area contributed by atoms with E-state index in [1.54, 1.807) is 6.07 Å². The van der Waals surface area contributed by atoms with Crippen molar-refractivity contribution in [1.82, 2.24) is 14.9 Å². The minimum Gasteiger partial charge on any atom is -0.326 e. The van der Waals surface area contributed by atoms with Crippen molar-refractivity contribution in [3.63, 3.8) is 0 Å². The molecule has 0 amide bonds. The zero-order valence-corrected chi connectivity index (χ0v) is 10.6. The zero-order chi connectivity index (χ0) is 11.8. The van der Waals surface area contributed by atoms with Crippen LogP contribution in [0.1, 0.15) is 5.69 Å². The van der Waals surface area contributed by atoms with Crippen molar-refractivity contribution in [1.29, 1.82) is 0 Å². The number of aromatic nitrogens is 2. The standard InChI is InChI=1S/C12H11Cl2N3/c13-8-1-2-10(11(14)5-8)12-16-7-9-6-15-3-4-17(9)12/h1-2,5,7,15H,3-4,6H2. The highest BCUT2D eigenvalue weighted by atomic mass is 35.5. The summed E-state index contributed by atoms with van der Waals surface area (Å²) in [5.74, 6) is 0.920. The first-order chi connectivity index (χ1) is 8.25. The second-order valence-corrected chi connectivity index (χ2v) is 4.87. The number of benzene rings is 1. The van der Waals surface area contributed by atoms with Crippen molar-refractivity contribution >= 4 is 23.2 Å². The second-order valence-electron chi connectivity index (χ2n) is 4.03. The Morgan fingerprint density at radius 2 is 2.18 bits per heavy atom. The summed E-state index contributed by atoms with van der Waals surface area (Å²) in [6.07, 6.45) is 1.90. The molecule has 1 aromatic carbocycles. The summed E-state index contributed by atoms with van der Waals surface area (Å²) in [4.78, 5) is 4.45. The molecule has 88 valence electrons. The fraction of sp³-hybridized carbons (Fsp3) is 0.250. The summed E-state index contributed by atoms with van der Waals surface area (Å²) >= 11 is 12.1. The van der Waals surface area contributed by atoms with Gasteiger partial charge in [-0.3, -0.25) is 0 Å². The molecular weight excluding hydrogens is 257 g/mol. The van der Waals surface area contributed by atoms with E-state index in [0.717, 1.165) is 31.0 Å². The summed E-state index contributed by atoms with van der Waals surface area (Å²) in [6.45, 7) is 2.74. The molecule has 5 heteroatoms. The van der Waals surface area contributed by atoms with Crippen LogP contribution in [0.4, 0.5) is 0 Å². The summed E-state index contributed by atoms with van der Waals surface area (Å²) in [5, 5.41) is 4.60. The van der Waals surface area contributed by atoms with Gasteiger partial charge in [0.25, 0.3) is 0 Å². The molecule has 0 spiro atoms. The Hall–Kier alpha value is -1.03. The maximum atomic E-state index is 6.21.